The molecule has 2 aliphatic heterocycles. The topological polar surface area (TPSA) is 63.5 Å². The van der Waals surface area contributed by atoms with Gasteiger partial charge in [0.05, 0.1) is 19.4 Å². The van der Waals surface area contributed by atoms with Crippen molar-refractivity contribution in [1.29, 1.82) is 0 Å². The summed E-state index contributed by atoms with van der Waals surface area (Å²) in [6.45, 7) is 5.62. The first-order chi connectivity index (χ1) is 12.8. The molecule has 7 nitrogen and oxygen atoms in total. The molecule has 0 saturated carbocycles. The number of thiophene rings is 1. The Bertz CT molecular complexity index is 711. The van der Waals surface area contributed by atoms with Crippen molar-refractivity contribution in [2.75, 3.05) is 39.4 Å². The molecule has 0 aromatic carbocycles. The maximum Gasteiger partial charge on any atom is 0.244 e. The molecular weight excluding hydrogens is 350 g/mol. The third-order valence-electron chi connectivity index (χ3n) is 5.27. The van der Waals surface area contributed by atoms with Gasteiger partial charge in [-0.15, -0.1) is 5.10 Å². The van der Waals surface area contributed by atoms with Gasteiger partial charge in [-0.25, -0.2) is 4.68 Å². The predicted octanol–water partition coefficient (Wildman–Crippen LogP) is 1.72. The van der Waals surface area contributed by atoms with E-state index in [0.717, 1.165) is 69.9 Å². The van der Waals surface area contributed by atoms with E-state index in [-0.39, 0.29) is 12.5 Å². The summed E-state index contributed by atoms with van der Waals surface area (Å²) in [5.74, 6) is 0.134. The Morgan fingerprint density at radius 1 is 1.23 bits per heavy atom. The lowest BCUT2D eigenvalue weighted by Gasteiger charge is -2.34. The lowest BCUT2D eigenvalue weighted by atomic mass is 10.1. The number of likely N-dealkylation sites (tertiary alicyclic amines) is 1. The third-order valence-corrected chi connectivity index (χ3v) is 5.95. The van der Waals surface area contributed by atoms with Crippen LogP contribution in [0.1, 0.15) is 19.3 Å². The number of aromatic nitrogens is 3. The van der Waals surface area contributed by atoms with Crippen LogP contribution in [0.25, 0.3) is 11.3 Å². The summed E-state index contributed by atoms with van der Waals surface area (Å²) in [5, 5.41) is 12.4. The van der Waals surface area contributed by atoms with Crippen molar-refractivity contribution >= 4 is 17.2 Å². The van der Waals surface area contributed by atoms with E-state index >= 15 is 0 Å². The first kappa shape index (κ1) is 17.6. The molecule has 1 unspecified atom stereocenters. The quantitative estimate of drug-likeness (QED) is 0.814. The molecule has 0 N–H and O–H groups in total. The van der Waals surface area contributed by atoms with Crippen molar-refractivity contribution in [3.05, 3.63) is 23.0 Å². The molecule has 2 fully saturated rings. The van der Waals surface area contributed by atoms with Crippen LogP contribution in [0.3, 0.4) is 0 Å². The minimum absolute atomic E-state index is 0.134. The van der Waals surface area contributed by atoms with Crippen molar-refractivity contribution in [3.8, 4) is 11.3 Å². The number of morpholine rings is 1. The van der Waals surface area contributed by atoms with Crippen molar-refractivity contribution in [2.45, 2.75) is 31.8 Å². The number of carbonyl (C=O) groups is 1. The molecule has 2 aromatic heterocycles. The van der Waals surface area contributed by atoms with Gasteiger partial charge in [0, 0.05) is 43.2 Å². The zero-order valence-corrected chi connectivity index (χ0v) is 15.7. The molecule has 2 aliphatic rings. The van der Waals surface area contributed by atoms with E-state index in [1.807, 2.05) is 27.9 Å². The van der Waals surface area contributed by atoms with Crippen molar-refractivity contribution in [2.24, 2.45) is 0 Å². The van der Waals surface area contributed by atoms with E-state index in [1.165, 1.54) is 0 Å². The van der Waals surface area contributed by atoms with E-state index in [4.69, 9.17) is 4.74 Å². The van der Waals surface area contributed by atoms with Gasteiger partial charge in [-0.1, -0.05) is 5.21 Å². The first-order valence-corrected chi connectivity index (χ1v) is 10.3. The molecule has 0 bridgehead atoms. The summed E-state index contributed by atoms with van der Waals surface area (Å²) in [5.41, 5.74) is 1.87. The third kappa shape index (κ3) is 4.13. The SMILES string of the molecule is O=C(Cn1cc(-c2ccsc2)nn1)N1CCCC(N2CCOCC2)CC1. The summed E-state index contributed by atoms with van der Waals surface area (Å²) in [4.78, 5) is 17.2. The van der Waals surface area contributed by atoms with Crippen LogP contribution in [-0.4, -0.2) is 76.1 Å². The van der Waals surface area contributed by atoms with E-state index in [0.29, 0.717) is 6.04 Å². The highest BCUT2D eigenvalue weighted by atomic mass is 32.1. The van der Waals surface area contributed by atoms with Gasteiger partial charge >= 0.3 is 0 Å². The zero-order chi connectivity index (χ0) is 17.8. The van der Waals surface area contributed by atoms with Crippen LogP contribution in [0.4, 0.5) is 0 Å². The van der Waals surface area contributed by atoms with E-state index in [1.54, 1.807) is 16.0 Å². The van der Waals surface area contributed by atoms with Gasteiger partial charge in [-0.05, 0) is 30.7 Å². The van der Waals surface area contributed by atoms with E-state index < -0.39 is 0 Å². The molecular formula is C18H25N5O2S. The molecule has 0 spiro atoms. The van der Waals surface area contributed by atoms with Crippen LogP contribution in [-0.2, 0) is 16.1 Å². The van der Waals surface area contributed by atoms with Gasteiger partial charge in [0.25, 0.3) is 0 Å². The highest BCUT2D eigenvalue weighted by Gasteiger charge is 2.26. The minimum atomic E-state index is 0.134. The second-order valence-corrected chi connectivity index (χ2v) is 7.71. The molecule has 2 aromatic rings. The first-order valence-electron chi connectivity index (χ1n) is 9.32. The van der Waals surface area contributed by atoms with Gasteiger partial charge < -0.3 is 9.64 Å². The molecule has 26 heavy (non-hydrogen) atoms. The summed E-state index contributed by atoms with van der Waals surface area (Å²) < 4.78 is 7.11. The molecule has 8 heteroatoms. The Balaban J connectivity index is 1.32. The molecule has 2 saturated heterocycles. The molecule has 1 atom stereocenters. The Morgan fingerprint density at radius 2 is 2.12 bits per heavy atom. The Labute approximate surface area is 157 Å². The van der Waals surface area contributed by atoms with Crippen LogP contribution >= 0.6 is 11.3 Å². The Kier molecular flexibility index (Phi) is 5.62. The number of ether oxygens (including phenoxy) is 1. The summed E-state index contributed by atoms with van der Waals surface area (Å²) in [6, 6.07) is 2.59. The van der Waals surface area contributed by atoms with E-state index in [9.17, 15) is 4.79 Å². The molecule has 0 aliphatic carbocycles. The van der Waals surface area contributed by atoms with Crippen LogP contribution in [0.5, 0.6) is 0 Å². The van der Waals surface area contributed by atoms with Crippen molar-refractivity contribution < 1.29 is 9.53 Å². The predicted molar refractivity (Wildman–Crippen MR) is 99.9 cm³/mol. The average Bonchev–Trinajstić information content (AvgIpc) is 3.29. The number of amides is 1. The average molecular weight is 375 g/mol. The summed E-state index contributed by atoms with van der Waals surface area (Å²) >= 11 is 1.63. The lowest BCUT2D eigenvalue weighted by Crippen LogP contribution is -2.44. The maximum absolute atomic E-state index is 12.7. The Morgan fingerprint density at radius 3 is 2.92 bits per heavy atom. The molecule has 4 rings (SSSR count). The van der Waals surface area contributed by atoms with Crippen molar-refractivity contribution in [3.63, 3.8) is 0 Å². The fourth-order valence-corrected chi connectivity index (χ4v) is 4.44. The van der Waals surface area contributed by atoms with Crippen LogP contribution in [0.15, 0.2) is 23.0 Å². The maximum atomic E-state index is 12.7. The summed E-state index contributed by atoms with van der Waals surface area (Å²) in [6.07, 6.45) is 5.12. The van der Waals surface area contributed by atoms with Crippen molar-refractivity contribution in [1.82, 2.24) is 24.8 Å². The molecule has 140 valence electrons. The second kappa shape index (κ2) is 8.28. The van der Waals surface area contributed by atoms with Crippen LogP contribution in [0.2, 0.25) is 0 Å². The molecule has 1 amide bonds. The van der Waals surface area contributed by atoms with Crippen LogP contribution < -0.4 is 0 Å². The van der Waals surface area contributed by atoms with Gasteiger partial charge in [0.2, 0.25) is 5.91 Å². The number of rotatable bonds is 4. The van der Waals surface area contributed by atoms with Gasteiger partial charge in [0.15, 0.2) is 0 Å². The van der Waals surface area contributed by atoms with E-state index in [2.05, 4.69) is 15.2 Å². The molecule has 0 radical (unpaired) electrons. The number of nitrogens with zero attached hydrogens (tertiary/aromatic N) is 5. The molecule has 4 heterocycles. The highest BCUT2D eigenvalue weighted by Crippen LogP contribution is 2.20. The zero-order valence-electron chi connectivity index (χ0n) is 14.9. The van der Waals surface area contributed by atoms with Gasteiger partial charge in [-0.2, -0.15) is 11.3 Å². The Hall–Kier alpha value is -1.77. The second-order valence-electron chi connectivity index (χ2n) is 6.93. The number of hydrogen-bond acceptors (Lipinski definition) is 6. The monoisotopic (exact) mass is 375 g/mol. The number of hydrogen-bond donors (Lipinski definition) is 0. The normalized spacial score (nSPS) is 22.3. The highest BCUT2D eigenvalue weighted by molar-refractivity contribution is 7.08. The standard InChI is InChI=1S/C18H25N5O2S/c24-18(13-23-12-17(19-20-23)15-4-11-26-14-15)22-5-1-2-16(3-6-22)21-7-9-25-10-8-21/h4,11-12,14,16H,1-3,5-10,13H2. The fraction of sp³-hybridized carbons (Fsp3) is 0.611. The van der Waals surface area contributed by atoms with Gasteiger partial charge in [0.1, 0.15) is 12.2 Å². The minimum Gasteiger partial charge on any atom is -0.379 e. The van der Waals surface area contributed by atoms with Gasteiger partial charge in [-0.3, -0.25) is 9.69 Å². The summed E-state index contributed by atoms with van der Waals surface area (Å²) in [7, 11) is 0. The largest absolute Gasteiger partial charge is 0.379 e. The lowest BCUT2D eigenvalue weighted by molar-refractivity contribution is -0.132. The smallest absolute Gasteiger partial charge is 0.244 e. The van der Waals surface area contributed by atoms with Crippen LogP contribution in [0, 0.1) is 0 Å². The fourth-order valence-electron chi connectivity index (χ4n) is 3.79. The number of carbonyl (C=O) groups excluding carboxylic acids is 1.